The number of hydrogen-bond acceptors (Lipinski definition) is 3. The lowest BCUT2D eigenvalue weighted by Crippen LogP contribution is -2.28. The fourth-order valence-electron chi connectivity index (χ4n) is 10.9. The van der Waals surface area contributed by atoms with Crippen LogP contribution in [0, 0.1) is 0 Å². The third kappa shape index (κ3) is 4.85. The van der Waals surface area contributed by atoms with E-state index in [1.807, 2.05) is 11.3 Å². The molecule has 3 heteroatoms. The minimum absolute atomic E-state index is 0.645. The van der Waals surface area contributed by atoms with Crippen molar-refractivity contribution >= 4 is 76.4 Å². The Hall–Kier alpha value is -7.72. The van der Waals surface area contributed by atoms with E-state index in [0.717, 1.165) is 22.7 Å². The summed E-state index contributed by atoms with van der Waals surface area (Å²) in [5, 5.41) is 5.06. The first-order chi connectivity index (χ1) is 30.8. The van der Waals surface area contributed by atoms with Gasteiger partial charge in [0.1, 0.15) is 0 Å². The van der Waals surface area contributed by atoms with Crippen molar-refractivity contribution in [2.45, 2.75) is 5.41 Å². The molecule has 1 aromatic heterocycles. The number of nitrogens with zero attached hydrogens (tertiary/aromatic N) is 2. The van der Waals surface area contributed by atoms with Crippen molar-refractivity contribution in [2.75, 3.05) is 9.80 Å². The Labute approximate surface area is 364 Å². The number of anilines is 6. The number of rotatable bonds is 6. The molecule has 2 nitrogen and oxygen atoms in total. The van der Waals surface area contributed by atoms with Gasteiger partial charge in [0.25, 0.3) is 0 Å². The third-order valence-electron chi connectivity index (χ3n) is 13.2. The molecule has 0 amide bonds. The van der Waals surface area contributed by atoms with Crippen molar-refractivity contribution in [2.24, 2.45) is 0 Å². The lowest BCUT2D eigenvalue weighted by atomic mass is 9.69. The van der Waals surface area contributed by atoms with Crippen LogP contribution in [0.3, 0.4) is 0 Å². The van der Waals surface area contributed by atoms with E-state index in [2.05, 4.69) is 240 Å². The normalized spacial score (nSPS) is 14.5. The fraction of sp³-hybridized carbons (Fsp3) is 0.0169. The topological polar surface area (TPSA) is 6.48 Å². The smallest absolute Gasteiger partial charge is 0.0747 e. The maximum Gasteiger partial charge on any atom is 0.0747 e. The highest BCUT2D eigenvalue weighted by Gasteiger charge is 2.54. The second kappa shape index (κ2) is 13.7. The Kier molecular flexibility index (Phi) is 7.72. The van der Waals surface area contributed by atoms with E-state index in [9.17, 15) is 0 Å². The first-order valence-electron chi connectivity index (χ1n) is 21.4. The molecule has 13 rings (SSSR count). The van der Waals surface area contributed by atoms with Gasteiger partial charge in [0.2, 0.25) is 0 Å². The molecule has 62 heavy (non-hydrogen) atoms. The summed E-state index contributed by atoms with van der Waals surface area (Å²) in [6.07, 6.45) is 0. The first kappa shape index (κ1) is 35.1. The molecule has 0 radical (unpaired) electrons. The van der Waals surface area contributed by atoms with Gasteiger partial charge in [0, 0.05) is 43.7 Å². The highest BCUT2D eigenvalue weighted by Crippen LogP contribution is 2.68. The molecule has 2 aliphatic carbocycles. The summed E-state index contributed by atoms with van der Waals surface area (Å²) in [7, 11) is 0. The molecule has 10 aromatic carbocycles. The molecule has 0 saturated carbocycles. The molecule has 1 unspecified atom stereocenters. The summed E-state index contributed by atoms with van der Waals surface area (Å²) >= 11 is 1.88. The third-order valence-corrected chi connectivity index (χ3v) is 14.4. The van der Waals surface area contributed by atoms with E-state index in [-0.39, 0.29) is 0 Å². The Morgan fingerprint density at radius 3 is 1.53 bits per heavy atom. The minimum Gasteiger partial charge on any atom is -0.310 e. The molecular formula is C59H38N2S. The SMILES string of the molecule is c1ccc(N(c2ccccc2)c2cccc3c2-c2ccccc2C32c3ccccc3-c3c2c(N(c2ccccc2)c2cccc4c2sc2ccccc24)cc2ccccc32)cc1. The molecule has 290 valence electrons. The number of para-hydroxylation sites is 3. The van der Waals surface area contributed by atoms with Crippen LogP contribution in [0.5, 0.6) is 0 Å². The summed E-state index contributed by atoms with van der Waals surface area (Å²) in [5.74, 6) is 0. The van der Waals surface area contributed by atoms with E-state index in [0.29, 0.717) is 0 Å². The Morgan fingerprint density at radius 2 is 0.839 bits per heavy atom. The molecule has 0 bridgehead atoms. The van der Waals surface area contributed by atoms with Gasteiger partial charge in [-0.15, -0.1) is 11.3 Å². The molecule has 0 aliphatic heterocycles. The Morgan fingerprint density at radius 1 is 0.339 bits per heavy atom. The van der Waals surface area contributed by atoms with Crippen molar-refractivity contribution in [1.82, 2.24) is 0 Å². The molecule has 1 spiro atoms. The van der Waals surface area contributed by atoms with Crippen LogP contribution < -0.4 is 9.80 Å². The lowest BCUT2D eigenvalue weighted by molar-refractivity contribution is 0.793. The van der Waals surface area contributed by atoms with Crippen molar-refractivity contribution < 1.29 is 0 Å². The van der Waals surface area contributed by atoms with Crippen LogP contribution in [0.15, 0.2) is 231 Å². The number of thiophene rings is 1. The molecule has 0 saturated heterocycles. The highest BCUT2D eigenvalue weighted by atomic mass is 32.1. The van der Waals surface area contributed by atoms with E-state index in [4.69, 9.17) is 0 Å². The molecular weight excluding hydrogens is 769 g/mol. The number of fused-ring (bicyclic) bond motifs is 15. The number of benzene rings is 10. The van der Waals surface area contributed by atoms with E-state index in [1.165, 1.54) is 86.8 Å². The van der Waals surface area contributed by atoms with Crippen LogP contribution in [-0.2, 0) is 5.41 Å². The van der Waals surface area contributed by atoms with E-state index in [1.54, 1.807) is 0 Å². The molecule has 1 heterocycles. The van der Waals surface area contributed by atoms with Crippen LogP contribution in [0.2, 0.25) is 0 Å². The first-order valence-corrected chi connectivity index (χ1v) is 22.2. The maximum atomic E-state index is 2.57. The van der Waals surface area contributed by atoms with Gasteiger partial charge in [-0.3, -0.25) is 0 Å². The zero-order chi connectivity index (χ0) is 40.8. The van der Waals surface area contributed by atoms with Crippen molar-refractivity contribution in [1.29, 1.82) is 0 Å². The average Bonchev–Trinajstić information content (AvgIpc) is 3.98. The largest absolute Gasteiger partial charge is 0.310 e. The highest BCUT2D eigenvalue weighted by molar-refractivity contribution is 7.26. The van der Waals surface area contributed by atoms with E-state index < -0.39 is 5.41 Å². The van der Waals surface area contributed by atoms with Gasteiger partial charge in [0.15, 0.2) is 0 Å². The quantitative estimate of drug-likeness (QED) is 0.165. The van der Waals surface area contributed by atoms with Gasteiger partial charge in [-0.1, -0.05) is 170 Å². The molecule has 0 fully saturated rings. The van der Waals surface area contributed by atoms with Gasteiger partial charge < -0.3 is 9.80 Å². The predicted octanol–water partition coefficient (Wildman–Crippen LogP) is 16.5. The molecule has 11 aromatic rings. The van der Waals surface area contributed by atoms with Crippen molar-refractivity contribution in [3.63, 3.8) is 0 Å². The fourth-order valence-corrected chi connectivity index (χ4v) is 12.1. The Bertz CT molecular complexity index is 3500. The van der Waals surface area contributed by atoms with Gasteiger partial charge in [-0.2, -0.15) is 0 Å². The second-order valence-electron chi connectivity index (χ2n) is 16.3. The minimum atomic E-state index is -0.645. The predicted molar refractivity (Wildman–Crippen MR) is 263 cm³/mol. The monoisotopic (exact) mass is 806 g/mol. The van der Waals surface area contributed by atoms with Crippen LogP contribution in [0.1, 0.15) is 22.3 Å². The second-order valence-corrected chi connectivity index (χ2v) is 17.4. The van der Waals surface area contributed by atoms with Gasteiger partial charge in [-0.25, -0.2) is 0 Å². The standard InChI is InChI=1S/C59H38N2S/c1-4-21-40(22-5-1)60(41-23-6-2-7-24-41)51-35-19-34-50-56(51)47-30-13-16-33-49(47)59(50)48-32-15-12-29-46(48)55-43-27-11-10-20-39(43)38-53(57(55)59)61(42-25-8-3-9-26-42)52-36-18-31-45-44-28-14-17-37-54(44)62-58(45)52/h1-38H. The van der Waals surface area contributed by atoms with Crippen LogP contribution in [-0.4, -0.2) is 0 Å². The van der Waals surface area contributed by atoms with Crippen molar-refractivity contribution in [3.8, 4) is 22.3 Å². The lowest BCUT2D eigenvalue weighted by Gasteiger charge is -2.36. The summed E-state index contributed by atoms with van der Waals surface area (Å²) in [4.78, 5) is 5.01. The van der Waals surface area contributed by atoms with Crippen LogP contribution in [0.25, 0.3) is 53.2 Å². The van der Waals surface area contributed by atoms with Gasteiger partial charge >= 0.3 is 0 Å². The van der Waals surface area contributed by atoms with Crippen LogP contribution in [0.4, 0.5) is 34.1 Å². The zero-order valence-electron chi connectivity index (χ0n) is 33.7. The summed E-state index contributed by atoms with van der Waals surface area (Å²) in [6.45, 7) is 0. The maximum absolute atomic E-state index is 2.57. The molecule has 0 N–H and O–H groups in total. The Balaban J connectivity index is 1.20. The molecule has 2 aliphatic rings. The summed E-state index contributed by atoms with van der Waals surface area (Å²) < 4.78 is 2.57. The summed E-state index contributed by atoms with van der Waals surface area (Å²) in [5.41, 5.74) is 16.6. The zero-order valence-corrected chi connectivity index (χ0v) is 34.6. The molecule has 1 atom stereocenters. The average molecular weight is 807 g/mol. The number of hydrogen-bond donors (Lipinski definition) is 0. The van der Waals surface area contributed by atoms with E-state index >= 15 is 0 Å². The van der Waals surface area contributed by atoms with Crippen molar-refractivity contribution in [3.05, 3.63) is 253 Å². The van der Waals surface area contributed by atoms with Crippen LogP contribution >= 0.6 is 11.3 Å². The summed E-state index contributed by atoms with van der Waals surface area (Å²) in [6, 6.07) is 85.3. The van der Waals surface area contributed by atoms with Gasteiger partial charge in [0.05, 0.1) is 27.2 Å². The van der Waals surface area contributed by atoms with Gasteiger partial charge in [-0.05, 0) is 105 Å².